The first kappa shape index (κ1) is 10.7. The SMILES string of the molecule is O=[N+]([O-])c1c2c(c(CCl)c3c1OCC3)OCC2. The number of nitro groups is 1. The molecule has 0 N–H and O–H groups in total. The number of hydrogen-bond donors (Lipinski definition) is 0. The third-order valence-electron chi connectivity index (χ3n) is 3.20. The van der Waals surface area contributed by atoms with Crippen LogP contribution in [-0.2, 0) is 18.7 Å². The van der Waals surface area contributed by atoms with Crippen LogP contribution in [0.2, 0.25) is 0 Å². The van der Waals surface area contributed by atoms with Crippen LogP contribution >= 0.6 is 11.6 Å². The van der Waals surface area contributed by atoms with Crippen LogP contribution in [-0.4, -0.2) is 18.1 Å². The summed E-state index contributed by atoms with van der Waals surface area (Å²) in [6.45, 7) is 0.950. The van der Waals surface area contributed by atoms with Gasteiger partial charge >= 0.3 is 5.69 Å². The normalized spacial score (nSPS) is 16.1. The van der Waals surface area contributed by atoms with Crippen molar-refractivity contribution in [2.45, 2.75) is 18.7 Å². The Morgan fingerprint density at radius 2 is 1.82 bits per heavy atom. The van der Waals surface area contributed by atoms with E-state index in [0.717, 1.165) is 11.1 Å². The fourth-order valence-corrected chi connectivity index (χ4v) is 2.80. The first-order chi connectivity index (χ1) is 8.24. The summed E-state index contributed by atoms with van der Waals surface area (Å²) in [4.78, 5) is 10.8. The molecule has 0 bridgehead atoms. The van der Waals surface area contributed by atoms with E-state index in [0.29, 0.717) is 49.0 Å². The predicted octanol–water partition coefficient (Wildman–Crippen LogP) is 2.20. The predicted molar refractivity (Wildman–Crippen MR) is 61.1 cm³/mol. The van der Waals surface area contributed by atoms with Gasteiger partial charge in [-0.15, -0.1) is 11.6 Å². The molecule has 0 radical (unpaired) electrons. The summed E-state index contributed by atoms with van der Waals surface area (Å²) in [6, 6.07) is 0. The second kappa shape index (κ2) is 3.77. The van der Waals surface area contributed by atoms with Crippen molar-refractivity contribution >= 4 is 17.3 Å². The first-order valence-corrected chi connectivity index (χ1v) is 5.94. The minimum absolute atomic E-state index is 0.0684. The number of nitrogens with zero attached hydrogens (tertiary/aromatic N) is 1. The lowest BCUT2D eigenvalue weighted by Gasteiger charge is -2.11. The van der Waals surface area contributed by atoms with Crippen molar-refractivity contribution < 1.29 is 14.4 Å². The van der Waals surface area contributed by atoms with Gasteiger partial charge in [0.2, 0.25) is 5.75 Å². The van der Waals surface area contributed by atoms with Gasteiger partial charge in [-0.1, -0.05) is 0 Å². The molecule has 17 heavy (non-hydrogen) atoms. The molecule has 6 heteroatoms. The van der Waals surface area contributed by atoms with Crippen LogP contribution in [0.5, 0.6) is 11.5 Å². The molecule has 0 aliphatic carbocycles. The average molecular weight is 256 g/mol. The third kappa shape index (κ3) is 1.38. The smallest absolute Gasteiger partial charge is 0.318 e. The summed E-state index contributed by atoms with van der Waals surface area (Å²) in [6.07, 6.45) is 1.21. The zero-order valence-electron chi connectivity index (χ0n) is 8.99. The van der Waals surface area contributed by atoms with Gasteiger partial charge in [0.25, 0.3) is 0 Å². The second-order valence-electron chi connectivity index (χ2n) is 4.03. The highest BCUT2D eigenvalue weighted by molar-refractivity contribution is 6.17. The van der Waals surface area contributed by atoms with Crippen LogP contribution < -0.4 is 9.47 Å². The number of rotatable bonds is 2. The van der Waals surface area contributed by atoms with Gasteiger partial charge in [-0.2, -0.15) is 0 Å². The number of nitro benzene ring substituents is 1. The van der Waals surface area contributed by atoms with Crippen LogP contribution in [0.3, 0.4) is 0 Å². The summed E-state index contributed by atoms with van der Waals surface area (Å²) in [5.74, 6) is 1.30. The van der Waals surface area contributed by atoms with Crippen LogP contribution in [0.15, 0.2) is 0 Å². The second-order valence-corrected chi connectivity index (χ2v) is 4.30. The molecule has 5 nitrogen and oxygen atoms in total. The average Bonchev–Trinajstić information content (AvgIpc) is 2.92. The topological polar surface area (TPSA) is 61.6 Å². The van der Waals surface area contributed by atoms with Gasteiger partial charge in [0.05, 0.1) is 29.6 Å². The minimum Gasteiger partial charge on any atom is -0.492 e. The highest BCUT2D eigenvalue weighted by Gasteiger charge is 2.36. The standard InChI is InChI=1S/C11H10ClNO4/c12-5-8-6-1-3-17-11(6)9(13(14)15)7-2-4-16-10(7)8/h1-5H2. The van der Waals surface area contributed by atoms with Gasteiger partial charge in [0.15, 0.2) is 0 Å². The summed E-state index contributed by atoms with van der Waals surface area (Å²) in [7, 11) is 0. The Balaban J connectivity index is 2.34. The van der Waals surface area contributed by atoms with Gasteiger partial charge in [0.1, 0.15) is 5.75 Å². The molecule has 2 aliphatic heterocycles. The maximum atomic E-state index is 11.2. The molecule has 0 saturated heterocycles. The molecule has 0 saturated carbocycles. The lowest BCUT2D eigenvalue weighted by atomic mass is 9.98. The van der Waals surface area contributed by atoms with Crippen LogP contribution in [0.25, 0.3) is 0 Å². The monoisotopic (exact) mass is 255 g/mol. The molecule has 0 unspecified atom stereocenters. The van der Waals surface area contributed by atoms with E-state index in [-0.39, 0.29) is 10.6 Å². The molecule has 3 rings (SSSR count). The van der Waals surface area contributed by atoms with E-state index in [4.69, 9.17) is 21.1 Å². The van der Waals surface area contributed by atoms with Gasteiger partial charge in [0, 0.05) is 24.0 Å². The van der Waals surface area contributed by atoms with E-state index in [2.05, 4.69) is 0 Å². The molecule has 0 atom stereocenters. The van der Waals surface area contributed by atoms with E-state index in [1.54, 1.807) is 0 Å². The maximum absolute atomic E-state index is 11.2. The lowest BCUT2D eigenvalue weighted by Crippen LogP contribution is -2.00. The van der Waals surface area contributed by atoms with Crippen LogP contribution in [0.1, 0.15) is 16.7 Å². The Morgan fingerprint density at radius 1 is 1.18 bits per heavy atom. The van der Waals surface area contributed by atoms with E-state index < -0.39 is 0 Å². The molecule has 0 aromatic heterocycles. The number of fused-ring (bicyclic) bond motifs is 2. The Kier molecular flexibility index (Phi) is 2.36. The lowest BCUT2D eigenvalue weighted by molar-refractivity contribution is -0.386. The van der Waals surface area contributed by atoms with Gasteiger partial charge < -0.3 is 9.47 Å². The zero-order chi connectivity index (χ0) is 12.0. The molecular weight excluding hydrogens is 246 g/mol. The number of benzene rings is 1. The van der Waals surface area contributed by atoms with Crippen molar-refractivity contribution in [3.8, 4) is 11.5 Å². The highest BCUT2D eigenvalue weighted by Crippen LogP contribution is 2.48. The largest absolute Gasteiger partial charge is 0.492 e. The van der Waals surface area contributed by atoms with Gasteiger partial charge in [-0.3, -0.25) is 10.1 Å². The number of halogens is 1. The van der Waals surface area contributed by atoms with Gasteiger partial charge in [-0.05, 0) is 0 Å². The zero-order valence-corrected chi connectivity index (χ0v) is 9.75. The van der Waals surface area contributed by atoms with Crippen molar-refractivity contribution in [1.82, 2.24) is 0 Å². The number of alkyl halides is 1. The van der Waals surface area contributed by atoms with Crippen LogP contribution in [0.4, 0.5) is 5.69 Å². The van der Waals surface area contributed by atoms with E-state index in [9.17, 15) is 10.1 Å². The fourth-order valence-electron chi connectivity index (χ4n) is 2.51. The Hall–Kier alpha value is -1.49. The maximum Gasteiger partial charge on any atom is 0.318 e. The number of hydrogen-bond acceptors (Lipinski definition) is 4. The molecular formula is C11H10ClNO4. The Bertz CT molecular complexity index is 480. The minimum atomic E-state index is -0.379. The van der Waals surface area contributed by atoms with Crippen molar-refractivity contribution in [3.05, 3.63) is 26.8 Å². The Labute approximate surface area is 102 Å². The third-order valence-corrected chi connectivity index (χ3v) is 3.47. The quantitative estimate of drug-likeness (QED) is 0.462. The molecule has 0 amide bonds. The molecule has 2 aliphatic rings. The summed E-state index contributed by atoms with van der Waals surface area (Å²) < 4.78 is 10.9. The molecule has 1 aromatic carbocycles. The van der Waals surface area contributed by atoms with Crippen molar-refractivity contribution in [2.75, 3.05) is 13.2 Å². The number of ether oxygens (including phenoxy) is 2. The summed E-state index contributed by atoms with van der Waals surface area (Å²) in [5.41, 5.74) is 2.40. The molecule has 0 spiro atoms. The highest BCUT2D eigenvalue weighted by atomic mass is 35.5. The van der Waals surface area contributed by atoms with E-state index >= 15 is 0 Å². The summed E-state index contributed by atoms with van der Waals surface area (Å²) in [5, 5.41) is 11.2. The van der Waals surface area contributed by atoms with Crippen molar-refractivity contribution in [1.29, 1.82) is 0 Å². The van der Waals surface area contributed by atoms with Crippen LogP contribution in [0, 0.1) is 10.1 Å². The summed E-state index contributed by atoms with van der Waals surface area (Å²) >= 11 is 5.92. The van der Waals surface area contributed by atoms with E-state index in [1.807, 2.05) is 0 Å². The fraction of sp³-hybridized carbons (Fsp3) is 0.455. The molecule has 1 aromatic rings. The van der Waals surface area contributed by atoms with E-state index in [1.165, 1.54) is 0 Å². The molecule has 2 heterocycles. The molecule has 0 fully saturated rings. The van der Waals surface area contributed by atoms with Crippen molar-refractivity contribution in [3.63, 3.8) is 0 Å². The first-order valence-electron chi connectivity index (χ1n) is 5.40. The molecule has 90 valence electrons. The Morgan fingerprint density at radius 3 is 2.47 bits per heavy atom. The van der Waals surface area contributed by atoms with Gasteiger partial charge in [-0.25, -0.2) is 0 Å². The van der Waals surface area contributed by atoms with Crippen molar-refractivity contribution in [2.24, 2.45) is 0 Å².